The second-order valence-corrected chi connectivity index (χ2v) is 5.72. The highest BCUT2D eigenvalue weighted by atomic mass is 16.2. The quantitative estimate of drug-likeness (QED) is 0.946. The van der Waals surface area contributed by atoms with Gasteiger partial charge in [-0.3, -0.25) is 14.6 Å². The summed E-state index contributed by atoms with van der Waals surface area (Å²) in [6.07, 6.45) is 4.02. The molecule has 2 heterocycles. The minimum atomic E-state index is -0.287. The second kappa shape index (κ2) is 6.60. The van der Waals surface area contributed by atoms with E-state index in [9.17, 15) is 9.59 Å². The van der Waals surface area contributed by atoms with Crippen molar-refractivity contribution >= 4 is 17.5 Å². The van der Waals surface area contributed by atoms with E-state index in [1.54, 1.807) is 23.2 Å². The zero-order chi connectivity index (χ0) is 16.2. The fraction of sp³-hybridized carbons (Fsp3) is 0.278. The number of amides is 2. The highest BCUT2D eigenvalue weighted by Crippen LogP contribution is 2.34. The molecular formula is C18H19N3O2. The predicted molar refractivity (Wildman–Crippen MR) is 88.4 cm³/mol. The summed E-state index contributed by atoms with van der Waals surface area (Å²) in [7, 11) is 0. The zero-order valence-electron chi connectivity index (χ0n) is 13.0. The van der Waals surface area contributed by atoms with Crippen LogP contribution in [0.4, 0.5) is 5.69 Å². The van der Waals surface area contributed by atoms with E-state index < -0.39 is 0 Å². The summed E-state index contributed by atoms with van der Waals surface area (Å²) < 4.78 is 0. The fourth-order valence-electron chi connectivity index (χ4n) is 2.86. The van der Waals surface area contributed by atoms with Crippen LogP contribution in [0.25, 0.3) is 0 Å². The Bertz CT molecular complexity index is 715. The number of benzene rings is 1. The van der Waals surface area contributed by atoms with Crippen LogP contribution in [0.3, 0.4) is 0 Å². The molecule has 0 aliphatic carbocycles. The lowest BCUT2D eigenvalue weighted by atomic mass is 9.91. The maximum absolute atomic E-state index is 12.5. The molecule has 1 aromatic carbocycles. The third-order valence-electron chi connectivity index (χ3n) is 4.17. The summed E-state index contributed by atoms with van der Waals surface area (Å²) >= 11 is 0. The highest BCUT2D eigenvalue weighted by Gasteiger charge is 2.26. The molecule has 1 aliphatic heterocycles. The standard InChI is InChI=1S/C18H19N3O2/c1-13-8-10-21(16-7-3-2-6-15(13)16)17(22)12-20-18(23)14-5-4-9-19-11-14/h2-7,9,11,13H,8,10,12H2,1H3,(H,20,23). The average Bonchev–Trinajstić information content (AvgIpc) is 2.60. The van der Waals surface area contributed by atoms with Crippen LogP contribution >= 0.6 is 0 Å². The zero-order valence-corrected chi connectivity index (χ0v) is 13.0. The summed E-state index contributed by atoms with van der Waals surface area (Å²) in [6, 6.07) is 11.3. The minimum absolute atomic E-state index is 0.0174. The van der Waals surface area contributed by atoms with Crippen molar-refractivity contribution in [3.8, 4) is 0 Å². The van der Waals surface area contributed by atoms with Crippen LogP contribution in [-0.4, -0.2) is 29.9 Å². The summed E-state index contributed by atoms with van der Waals surface area (Å²) in [4.78, 5) is 30.2. The van der Waals surface area contributed by atoms with E-state index in [0.29, 0.717) is 18.0 Å². The van der Waals surface area contributed by atoms with Gasteiger partial charge < -0.3 is 10.2 Å². The topological polar surface area (TPSA) is 62.3 Å². The second-order valence-electron chi connectivity index (χ2n) is 5.72. The molecule has 1 aliphatic rings. The molecule has 0 saturated carbocycles. The maximum Gasteiger partial charge on any atom is 0.253 e. The summed E-state index contributed by atoms with van der Waals surface area (Å²) in [5.74, 6) is 0.0620. The summed E-state index contributed by atoms with van der Waals surface area (Å²) in [6.45, 7) is 2.83. The molecule has 0 spiro atoms. The lowest BCUT2D eigenvalue weighted by Gasteiger charge is -2.33. The van der Waals surface area contributed by atoms with Crippen molar-refractivity contribution < 1.29 is 9.59 Å². The number of hydrogen-bond acceptors (Lipinski definition) is 3. The first kappa shape index (κ1) is 15.2. The predicted octanol–water partition coefficient (Wildman–Crippen LogP) is 2.35. The molecule has 0 radical (unpaired) electrons. The van der Waals surface area contributed by atoms with Gasteiger partial charge >= 0.3 is 0 Å². The Morgan fingerprint density at radius 2 is 2.09 bits per heavy atom. The molecule has 2 amide bonds. The Morgan fingerprint density at radius 3 is 2.87 bits per heavy atom. The number of rotatable bonds is 3. The summed E-state index contributed by atoms with van der Waals surface area (Å²) in [5, 5.41) is 2.67. The molecule has 1 N–H and O–H groups in total. The Balaban J connectivity index is 1.68. The van der Waals surface area contributed by atoms with E-state index >= 15 is 0 Å². The van der Waals surface area contributed by atoms with Gasteiger partial charge in [0.05, 0.1) is 12.1 Å². The third-order valence-corrected chi connectivity index (χ3v) is 4.17. The number of fused-ring (bicyclic) bond motifs is 1. The summed E-state index contributed by atoms with van der Waals surface area (Å²) in [5.41, 5.74) is 2.59. The van der Waals surface area contributed by atoms with Crippen LogP contribution in [0.15, 0.2) is 48.8 Å². The van der Waals surface area contributed by atoms with Crippen LogP contribution in [0.5, 0.6) is 0 Å². The number of pyridine rings is 1. The number of hydrogen-bond donors (Lipinski definition) is 1. The van der Waals surface area contributed by atoms with Gasteiger partial charge in [-0.25, -0.2) is 0 Å². The van der Waals surface area contributed by atoms with Gasteiger partial charge in [0.2, 0.25) is 5.91 Å². The maximum atomic E-state index is 12.5. The average molecular weight is 309 g/mol. The Morgan fingerprint density at radius 1 is 1.26 bits per heavy atom. The largest absolute Gasteiger partial charge is 0.343 e. The van der Waals surface area contributed by atoms with Crippen LogP contribution in [0, 0.1) is 0 Å². The van der Waals surface area contributed by atoms with E-state index in [0.717, 1.165) is 12.1 Å². The van der Waals surface area contributed by atoms with E-state index in [4.69, 9.17) is 0 Å². The molecule has 1 aromatic heterocycles. The normalized spacial score (nSPS) is 16.6. The van der Waals surface area contributed by atoms with E-state index in [1.807, 2.05) is 18.2 Å². The molecule has 118 valence electrons. The Labute approximate surface area is 135 Å². The molecule has 0 saturated heterocycles. The third kappa shape index (κ3) is 3.23. The first-order chi connectivity index (χ1) is 11.2. The SMILES string of the molecule is CC1CCN(C(=O)CNC(=O)c2cccnc2)c2ccccc21. The number of carbonyl (C=O) groups excluding carboxylic acids is 2. The Hall–Kier alpha value is -2.69. The number of anilines is 1. The number of aromatic nitrogens is 1. The van der Waals surface area contributed by atoms with Crippen LogP contribution < -0.4 is 10.2 Å². The molecule has 1 unspecified atom stereocenters. The Kier molecular flexibility index (Phi) is 4.37. The van der Waals surface area contributed by atoms with E-state index in [1.165, 1.54) is 11.8 Å². The van der Waals surface area contributed by atoms with Crippen molar-refractivity contribution in [3.05, 3.63) is 59.9 Å². The van der Waals surface area contributed by atoms with Crippen molar-refractivity contribution in [2.24, 2.45) is 0 Å². The van der Waals surface area contributed by atoms with Gasteiger partial charge in [-0.1, -0.05) is 25.1 Å². The lowest BCUT2D eigenvalue weighted by molar-refractivity contribution is -0.117. The highest BCUT2D eigenvalue weighted by molar-refractivity contribution is 6.00. The number of carbonyl (C=O) groups is 2. The smallest absolute Gasteiger partial charge is 0.253 e. The first-order valence-corrected chi connectivity index (χ1v) is 7.74. The minimum Gasteiger partial charge on any atom is -0.343 e. The van der Waals surface area contributed by atoms with Gasteiger partial charge in [-0.2, -0.15) is 0 Å². The lowest BCUT2D eigenvalue weighted by Crippen LogP contribution is -2.43. The fourth-order valence-corrected chi connectivity index (χ4v) is 2.86. The number of para-hydroxylation sites is 1. The van der Waals surface area contributed by atoms with Crippen molar-refractivity contribution in [2.75, 3.05) is 18.0 Å². The van der Waals surface area contributed by atoms with Crippen molar-refractivity contribution in [1.29, 1.82) is 0 Å². The number of nitrogens with one attached hydrogen (secondary N) is 1. The van der Waals surface area contributed by atoms with Gasteiger partial charge in [0.1, 0.15) is 0 Å². The van der Waals surface area contributed by atoms with Crippen LogP contribution in [0.2, 0.25) is 0 Å². The van der Waals surface area contributed by atoms with Crippen LogP contribution in [0.1, 0.15) is 35.2 Å². The van der Waals surface area contributed by atoms with Crippen molar-refractivity contribution in [3.63, 3.8) is 0 Å². The molecule has 5 heteroatoms. The molecule has 23 heavy (non-hydrogen) atoms. The molecule has 1 atom stereocenters. The number of nitrogens with zero attached hydrogens (tertiary/aromatic N) is 2. The van der Waals surface area contributed by atoms with Gasteiger partial charge in [0.15, 0.2) is 0 Å². The van der Waals surface area contributed by atoms with Gasteiger partial charge in [-0.15, -0.1) is 0 Å². The molecule has 0 bridgehead atoms. The molecular weight excluding hydrogens is 290 g/mol. The van der Waals surface area contributed by atoms with Crippen molar-refractivity contribution in [2.45, 2.75) is 19.3 Å². The first-order valence-electron chi connectivity index (χ1n) is 7.74. The molecule has 0 fully saturated rings. The van der Waals surface area contributed by atoms with E-state index in [2.05, 4.69) is 23.3 Å². The monoisotopic (exact) mass is 309 g/mol. The van der Waals surface area contributed by atoms with E-state index in [-0.39, 0.29) is 18.4 Å². The molecule has 3 rings (SSSR count). The van der Waals surface area contributed by atoms with Gasteiger partial charge in [-0.05, 0) is 36.1 Å². The molecule has 5 nitrogen and oxygen atoms in total. The van der Waals surface area contributed by atoms with Crippen LogP contribution in [-0.2, 0) is 4.79 Å². The van der Waals surface area contributed by atoms with Gasteiger partial charge in [0, 0.05) is 24.6 Å². The molecule has 2 aromatic rings. The van der Waals surface area contributed by atoms with Crippen molar-refractivity contribution in [1.82, 2.24) is 10.3 Å². The van der Waals surface area contributed by atoms with Gasteiger partial charge in [0.25, 0.3) is 5.91 Å².